The Morgan fingerprint density at radius 2 is 1.50 bits per heavy atom. The maximum absolute atomic E-state index is 11.3. The van der Waals surface area contributed by atoms with Gasteiger partial charge in [-0.05, 0) is 11.5 Å². The summed E-state index contributed by atoms with van der Waals surface area (Å²) in [6.45, 7) is 0. The minimum Gasteiger partial charge on any atom is -0.437 e. The molecule has 2 aromatic rings. The van der Waals surface area contributed by atoms with Crippen LogP contribution in [0.3, 0.4) is 0 Å². The molecule has 0 saturated carbocycles. The van der Waals surface area contributed by atoms with Gasteiger partial charge in [0, 0.05) is 5.39 Å². The smallest absolute Gasteiger partial charge is 0.437 e. The first-order chi connectivity index (χ1) is 9.65. The molecule has 0 saturated heterocycles. The van der Waals surface area contributed by atoms with E-state index >= 15 is 0 Å². The average molecular weight is 276 g/mol. The number of ether oxygens (including phenoxy) is 4. The van der Waals surface area contributed by atoms with Crippen molar-refractivity contribution in [3.8, 4) is 11.5 Å². The Kier molecular flexibility index (Phi) is 4.05. The van der Waals surface area contributed by atoms with Crippen molar-refractivity contribution in [3.63, 3.8) is 0 Å². The van der Waals surface area contributed by atoms with E-state index < -0.39 is 12.3 Å². The molecule has 6 heteroatoms. The highest BCUT2D eigenvalue weighted by molar-refractivity contribution is 5.92. The summed E-state index contributed by atoms with van der Waals surface area (Å²) in [5.41, 5.74) is 0. The Balaban J connectivity index is 2.52. The van der Waals surface area contributed by atoms with Crippen LogP contribution in [0.5, 0.6) is 11.5 Å². The van der Waals surface area contributed by atoms with E-state index in [2.05, 4.69) is 9.47 Å². The van der Waals surface area contributed by atoms with Gasteiger partial charge in [0.1, 0.15) is 0 Å². The normalized spacial score (nSPS) is 9.90. The number of hydrogen-bond donors (Lipinski definition) is 0. The van der Waals surface area contributed by atoms with Crippen LogP contribution in [0.15, 0.2) is 36.4 Å². The molecule has 6 nitrogen and oxygen atoms in total. The van der Waals surface area contributed by atoms with Crippen molar-refractivity contribution in [2.75, 3.05) is 14.2 Å². The van der Waals surface area contributed by atoms with Crippen molar-refractivity contribution in [2.24, 2.45) is 0 Å². The maximum Gasteiger partial charge on any atom is 0.513 e. The second-order valence-corrected chi connectivity index (χ2v) is 3.73. The maximum atomic E-state index is 11.3. The van der Waals surface area contributed by atoms with Crippen molar-refractivity contribution < 1.29 is 28.5 Å². The van der Waals surface area contributed by atoms with E-state index in [1.165, 1.54) is 20.3 Å². The minimum atomic E-state index is -0.907. The van der Waals surface area contributed by atoms with Crippen LogP contribution in [0.2, 0.25) is 0 Å². The van der Waals surface area contributed by atoms with Crippen molar-refractivity contribution >= 4 is 23.1 Å². The zero-order valence-electron chi connectivity index (χ0n) is 10.9. The first-order valence-corrected chi connectivity index (χ1v) is 5.69. The van der Waals surface area contributed by atoms with Gasteiger partial charge in [-0.3, -0.25) is 0 Å². The number of rotatable bonds is 2. The molecule has 0 N–H and O–H groups in total. The lowest BCUT2D eigenvalue weighted by Crippen LogP contribution is -2.12. The van der Waals surface area contributed by atoms with Gasteiger partial charge in [-0.1, -0.05) is 30.3 Å². The fourth-order valence-electron chi connectivity index (χ4n) is 1.67. The van der Waals surface area contributed by atoms with Crippen LogP contribution in [0.4, 0.5) is 9.59 Å². The summed E-state index contributed by atoms with van der Waals surface area (Å²) < 4.78 is 18.9. The SMILES string of the molecule is COC(=O)Oc1ccc2ccccc2c1OC(=O)OC. The van der Waals surface area contributed by atoms with Gasteiger partial charge in [0.05, 0.1) is 14.2 Å². The molecule has 2 aromatic carbocycles. The van der Waals surface area contributed by atoms with Crippen LogP contribution >= 0.6 is 0 Å². The van der Waals surface area contributed by atoms with Crippen molar-refractivity contribution in [2.45, 2.75) is 0 Å². The Morgan fingerprint density at radius 3 is 2.20 bits per heavy atom. The predicted octanol–water partition coefficient (Wildman–Crippen LogP) is 3.13. The van der Waals surface area contributed by atoms with E-state index in [0.29, 0.717) is 5.39 Å². The minimum absolute atomic E-state index is 0.0703. The standard InChI is InChI=1S/C14H12O6/c1-17-13(15)19-11-8-7-9-5-3-4-6-10(9)12(11)20-14(16)18-2/h3-8H,1-2H3. The Morgan fingerprint density at radius 1 is 0.850 bits per heavy atom. The van der Waals surface area contributed by atoms with E-state index in [1.54, 1.807) is 18.2 Å². The van der Waals surface area contributed by atoms with Crippen molar-refractivity contribution in [3.05, 3.63) is 36.4 Å². The van der Waals surface area contributed by atoms with Crippen LogP contribution in [-0.2, 0) is 9.47 Å². The molecule has 0 aliphatic rings. The monoisotopic (exact) mass is 276 g/mol. The highest BCUT2D eigenvalue weighted by Gasteiger charge is 2.17. The molecule has 0 atom stereocenters. The summed E-state index contributed by atoms with van der Waals surface area (Å²) in [7, 11) is 2.37. The molecular weight excluding hydrogens is 264 g/mol. The third-order valence-electron chi connectivity index (χ3n) is 2.56. The summed E-state index contributed by atoms with van der Waals surface area (Å²) in [6.07, 6.45) is -1.81. The topological polar surface area (TPSA) is 71.1 Å². The molecule has 0 radical (unpaired) electrons. The fraction of sp³-hybridized carbons (Fsp3) is 0.143. The molecular formula is C14H12O6. The summed E-state index contributed by atoms with van der Waals surface area (Å²) in [6, 6.07) is 10.4. The second-order valence-electron chi connectivity index (χ2n) is 3.73. The fourth-order valence-corrected chi connectivity index (χ4v) is 1.67. The van der Waals surface area contributed by atoms with Gasteiger partial charge >= 0.3 is 12.3 Å². The molecule has 104 valence electrons. The number of carbonyl (C=O) groups is 2. The summed E-state index contributed by atoms with van der Waals surface area (Å²) in [5, 5.41) is 1.43. The zero-order valence-corrected chi connectivity index (χ0v) is 10.9. The molecule has 0 spiro atoms. The lowest BCUT2D eigenvalue weighted by molar-refractivity contribution is 0.111. The summed E-state index contributed by atoms with van der Waals surface area (Å²) in [4.78, 5) is 22.5. The predicted molar refractivity (Wildman–Crippen MR) is 70.0 cm³/mol. The van der Waals surface area contributed by atoms with E-state index in [-0.39, 0.29) is 11.5 Å². The van der Waals surface area contributed by atoms with Crippen LogP contribution in [0.1, 0.15) is 0 Å². The van der Waals surface area contributed by atoms with Gasteiger partial charge in [-0.2, -0.15) is 0 Å². The molecule has 0 unspecified atom stereocenters. The van der Waals surface area contributed by atoms with Crippen LogP contribution in [0, 0.1) is 0 Å². The van der Waals surface area contributed by atoms with Gasteiger partial charge in [-0.25, -0.2) is 9.59 Å². The van der Waals surface area contributed by atoms with Crippen molar-refractivity contribution in [1.29, 1.82) is 0 Å². The molecule has 0 bridgehead atoms. The van der Waals surface area contributed by atoms with Crippen molar-refractivity contribution in [1.82, 2.24) is 0 Å². The third kappa shape index (κ3) is 2.80. The van der Waals surface area contributed by atoms with Gasteiger partial charge in [0.25, 0.3) is 0 Å². The number of carbonyl (C=O) groups excluding carboxylic acids is 2. The van der Waals surface area contributed by atoms with E-state index in [4.69, 9.17) is 9.47 Å². The number of benzene rings is 2. The van der Waals surface area contributed by atoms with Crippen LogP contribution < -0.4 is 9.47 Å². The number of hydrogen-bond acceptors (Lipinski definition) is 6. The van der Waals surface area contributed by atoms with Gasteiger partial charge < -0.3 is 18.9 Å². The molecule has 20 heavy (non-hydrogen) atoms. The van der Waals surface area contributed by atoms with Gasteiger partial charge in [-0.15, -0.1) is 0 Å². The van der Waals surface area contributed by atoms with Gasteiger partial charge in [0.2, 0.25) is 0 Å². The highest BCUT2D eigenvalue weighted by atomic mass is 16.7. The third-order valence-corrected chi connectivity index (χ3v) is 2.56. The Labute approximate surface area is 114 Å². The number of methoxy groups -OCH3 is 2. The lowest BCUT2D eigenvalue weighted by Gasteiger charge is -2.11. The summed E-state index contributed by atoms with van der Waals surface area (Å²) in [5.74, 6) is 0.168. The Bertz CT molecular complexity index is 649. The average Bonchev–Trinajstić information content (AvgIpc) is 2.49. The molecule has 0 heterocycles. The highest BCUT2D eigenvalue weighted by Crippen LogP contribution is 2.36. The molecule has 0 fully saturated rings. The molecule has 0 aliphatic carbocycles. The van der Waals surface area contributed by atoms with E-state index in [0.717, 1.165) is 5.39 Å². The van der Waals surface area contributed by atoms with Crippen LogP contribution in [0.25, 0.3) is 10.8 Å². The molecule has 0 amide bonds. The Hall–Kier alpha value is -2.76. The molecule has 2 rings (SSSR count). The lowest BCUT2D eigenvalue weighted by atomic mass is 10.1. The van der Waals surface area contributed by atoms with Gasteiger partial charge in [0.15, 0.2) is 11.5 Å². The second kappa shape index (κ2) is 5.92. The molecule has 0 aromatic heterocycles. The zero-order chi connectivity index (χ0) is 14.5. The van der Waals surface area contributed by atoms with Crippen LogP contribution in [-0.4, -0.2) is 26.5 Å². The largest absolute Gasteiger partial charge is 0.513 e. The number of fused-ring (bicyclic) bond motifs is 1. The van der Waals surface area contributed by atoms with E-state index in [9.17, 15) is 9.59 Å². The first-order valence-electron chi connectivity index (χ1n) is 5.69. The first kappa shape index (κ1) is 13.7. The molecule has 0 aliphatic heterocycles. The summed E-state index contributed by atoms with van der Waals surface area (Å²) >= 11 is 0. The van der Waals surface area contributed by atoms with E-state index in [1.807, 2.05) is 12.1 Å². The quantitative estimate of drug-likeness (QED) is 0.620.